The summed E-state index contributed by atoms with van der Waals surface area (Å²) in [6, 6.07) is 0. The van der Waals surface area contributed by atoms with Gasteiger partial charge in [-0.1, -0.05) is 12.8 Å². The zero-order valence-corrected chi connectivity index (χ0v) is 11.7. The SMILES string of the molecule is O=C(O)CC1(Cc2nc(N3CCCC3)no2)CCCC1. The second-order valence-electron chi connectivity index (χ2n) is 6.14. The Hall–Kier alpha value is -1.59. The van der Waals surface area contributed by atoms with Gasteiger partial charge >= 0.3 is 5.97 Å². The second-order valence-corrected chi connectivity index (χ2v) is 6.14. The maximum Gasteiger partial charge on any atom is 0.303 e. The minimum absolute atomic E-state index is 0.180. The number of hydrogen-bond acceptors (Lipinski definition) is 5. The highest BCUT2D eigenvalue weighted by molar-refractivity contribution is 5.67. The minimum Gasteiger partial charge on any atom is -0.481 e. The Bertz CT molecular complexity index is 474. The standard InChI is InChI=1S/C14H21N3O3/c18-12(19)10-14(5-1-2-6-14)9-11-15-13(16-20-11)17-7-3-4-8-17/h1-10H2,(H,18,19). The third-order valence-electron chi connectivity index (χ3n) is 4.56. The van der Waals surface area contributed by atoms with E-state index in [2.05, 4.69) is 15.0 Å². The molecule has 0 unspecified atom stereocenters. The van der Waals surface area contributed by atoms with Gasteiger partial charge in [-0.15, -0.1) is 0 Å². The number of hydrogen-bond donors (Lipinski definition) is 1. The van der Waals surface area contributed by atoms with Crippen molar-refractivity contribution in [2.24, 2.45) is 5.41 Å². The van der Waals surface area contributed by atoms with E-state index in [-0.39, 0.29) is 11.8 Å². The molecule has 2 heterocycles. The Morgan fingerprint density at radius 3 is 2.60 bits per heavy atom. The summed E-state index contributed by atoms with van der Waals surface area (Å²) >= 11 is 0. The van der Waals surface area contributed by atoms with Gasteiger partial charge in [0.15, 0.2) is 0 Å². The zero-order chi connectivity index (χ0) is 14.0. The van der Waals surface area contributed by atoms with E-state index >= 15 is 0 Å². The van der Waals surface area contributed by atoms with Crippen molar-refractivity contribution in [3.63, 3.8) is 0 Å². The topological polar surface area (TPSA) is 79.5 Å². The van der Waals surface area contributed by atoms with Crippen LogP contribution in [0.5, 0.6) is 0 Å². The van der Waals surface area contributed by atoms with Crippen molar-refractivity contribution in [1.82, 2.24) is 10.1 Å². The Morgan fingerprint density at radius 1 is 1.25 bits per heavy atom. The fourth-order valence-electron chi connectivity index (χ4n) is 3.55. The third-order valence-corrected chi connectivity index (χ3v) is 4.56. The van der Waals surface area contributed by atoms with Crippen molar-refractivity contribution < 1.29 is 14.4 Å². The van der Waals surface area contributed by atoms with E-state index in [1.165, 1.54) is 12.8 Å². The third kappa shape index (κ3) is 2.78. The van der Waals surface area contributed by atoms with Crippen molar-refractivity contribution in [1.29, 1.82) is 0 Å². The summed E-state index contributed by atoms with van der Waals surface area (Å²) in [5.41, 5.74) is -0.180. The van der Waals surface area contributed by atoms with Crippen LogP contribution in [0.4, 0.5) is 5.95 Å². The van der Waals surface area contributed by atoms with Gasteiger partial charge in [0.2, 0.25) is 5.89 Å². The number of carboxylic acids is 1. The van der Waals surface area contributed by atoms with Crippen LogP contribution in [0.1, 0.15) is 50.8 Å². The number of carboxylic acid groups (broad SMARTS) is 1. The molecular formula is C14H21N3O3. The molecule has 2 fully saturated rings. The van der Waals surface area contributed by atoms with Crippen LogP contribution in [0.15, 0.2) is 4.52 Å². The molecule has 0 atom stereocenters. The molecule has 0 amide bonds. The Balaban J connectivity index is 1.70. The van der Waals surface area contributed by atoms with Crippen LogP contribution in [0.2, 0.25) is 0 Å². The summed E-state index contributed by atoms with van der Waals surface area (Å²) in [6.07, 6.45) is 7.23. The first-order valence-corrected chi connectivity index (χ1v) is 7.46. The molecule has 3 rings (SSSR count). The van der Waals surface area contributed by atoms with Gasteiger partial charge in [0.1, 0.15) is 0 Å². The predicted octanol–water partition coefficient (Wildman–Crippen LogP) is 2.25. The Morgan fingerprint density at radius 2 is 1.95 bits per heavy atom. The molecule has 0 spiro atoms. The van der Waals surface area contributed by atoms with Crippen LogP contribution >= 0.6 is 0 Å². The van der Waals surface area contributed by atoms with Crippen LogP contribution in [0.3, 0.4) is 0 Å². The van der Waals surface area contributed by atoms with E-state index < -0.39 is 5.97 Å². The highest BCUT2D eigenvalue weighted by atomic mass is 16.5. The number of aromatic nitrogens is 2. The molecule has 1 aromatic rings. The Kier molecular flexibility index (Phi) is 3.63. The van der Waals surface area contributed by atoms with Gasteiger partial charge in [-0.05, 0) is 36.3 Å². The molecule has 0 radical (unpaired) electrons. The van der Waals surface area contributed by atoms with E-state index in [9.17, 15) is 4.79 Å². The fourth-order valence-corrected chi connectivity index (χ4v) is 3.55. The first-order valence-electron chi connectivity index (χ1n) is 7.46. The van der Waals surface area contributed by atoms with E-state index in [4.69, 9.17) is 9.63 Å². The molecule has 6 nitrogen and oxygen atoms in total. The van der Waals surface area contributed by atoms with Crippen molar-refractivity contribution in [3.8, 4) is 0 Å². The van der Waals surface area contributed by atoms with Crippen molar-refractivity contribution in [3.05, 3.63) is 5.89 Å². The van der Waals surface area contributed by atoms with E-state index in [1.807, 2.05) is 0 Å². The van der Waals surface area contributed by atoms with Gasteiger partial charge < -0.3 is 14.5 Å². The van der Waals surface area contributed by atoms with Gasteiger partial charge in [0.05, 0.1) is 6.42 Å². The quantitative estimate of drug-likeness (QED) is 0.890. The smallest absolute Gasteiger partial charge is 0.303 e. The molecular weight excluding hydrogens is 258 g/mol. The van der Waals surface area contributed by atoms with Crippen LogP contribution in [-0.4, -0.2) is 34.3 Å². The molecule has 1 saturated heterocycles. The summed E-state index contributed by atoms with van der Waals surface area (Å²) in [7, 11) is 0. The molecule has 20 heavy (non-hydrogen) atoms. The number of nitrogens with zero attached hydrogens (tertiary/aromatic N) is 3. The summed E-state index contributed by atoms with van der Waals surface area (Å²) in [6.45, 7) is 1.97. The monoisotopic (exact) mass is 279 g/mol. The van der Waals surface area contributed by atoms with Gasteiger partial charge in [0.25, 0.3) is 5.95 Å². The number of carbonyl (C=O) groups is 1. The Labute approximate surface area is 118 Å². The van der Waals surface area contributed by atoms with Gasteiger partial charge in [0, 0.05) is 19.5 Å². The van der Waals surface area contributed by atoms with Crippen LogP contribution in [-0.2, 0) is 11.2 Å². The van der Waals surface area contributed by atoms with Gasteiger partial charge in [-0.2, -0.15) is 4.98 Å². The molecule has 110 valence electrons. The highest BCUT2D eigenvalue weighted by Gasteiger charge is 2.38. The normalized spacial score (nSPS) is 21.5. The lowest BCUT2D eigenvalue weighted by atomic mass is 9.79. The van der Waals surface area contributed by atoms with E-state index in [0.29, 0.717) is 18.3 Å². The van der Waals surface area contributed by atoms with E-state index in [1.54, 1.807) is 0 Å². The van der Waals surface area contributed by atoms with Crippen LogP contribution in [0.25, 0.3) is 0 Å². The summed E-state index contributed by atoms with van der Waals surface area (Å²) in [5.74, 6) is 0.530. The van der Waals surface area contributed by atoms with E-state index in [0.717, 1.165) is 38.8 Å². The zero-order valence-electron chi connectivity index (χ0n) is 11.7. The average molecular weight is 279 g/mol. The maximum atomic E-state index is 11.1. The fraction of sp³-hybridized carbons (Fsp3) is 0.786. The molecule has 6 heteroatoms. The highest BCUT2D eigenvalue weighted by Crippen LogP contribution is 2.43. The summed E-state index contributed by atoms with van der Waals surface area (Å²) in [4.78, 5) is 17.7. The lowest BCUT2D eigenvalue weighted by Crippen LogP contribution is -2.24. The lowest BCUT2D eigenvalue weighted by Gasteiger charge is -2.24. The molecule has 2 aliphatic rings. The molecule has 0 bridgehead atoms. The van der Waals surface area contributed by atoms with Gasteiger partial charge in [-0.25, -0.2) is 0 Å². The molecule has 1 aliphatic carbocycles. The van der Waals surface area contributed by atoms with Crippen molar-refractivity contribution >= 4 is 11.9 Å². The molecule has 0 aromatic carbocycles. The van der Waals surface area contributed by atoms with Crippen LogP contribution < -0.4 is 4.90 Å². The average Bonchev–Trinajstić information content (AvgIpc) is 3.08. The maximum absolute atomic E-state index is 11.1. The molecule has 1 aliphatic heterocycles. The van der Waals surface area contributed by atoms with Crippen molar-refractivity contribution in [2.75, 3.05) is 18.0 Å². The number of anilines is 1. The number of aliphatic carboxylic acids is 1. The number of rotatable bonds is 5. The first-order chi connectivity index (χ1) is 9.67. The minimum atomic E-state index is -0.730. The van der Waals surface area contributed by atoms with Crippen molar-refractivity contribution in [2.45, 2.75) is 51.4 Å². The second kappa shape index (κ2) is 5.42. The predicted molar refractivity (Wildman–Crippen MR) is 72.6 cm³/mol. The van der Waals surface area contributed by atoms with Crippen LogP contribution in [0, 0.1) is 5.41 Å². The lowest BCUT2D eigenvalue weighted by molar-refractivity contribution is -0.139. The molecule has 1 N–H and O–H groups in total. The first kappa shape index (κ1) is 13.4. The summed E-state index contributed by atoms with van der Waals surface area (Å²) < 4.78 is 5.35. The molecule has 1 saturated carbocycles. The molecule has 1 aromatic heterocycles. The largest absolute Gasteiger partial charge is 0.481 e. The summed E-state index contributed by atoms with van der Waals surface area (Å²) in [5, 5.41) is 13.2. The van der Waals surface area contributed by atoms with Gasteiger partial charge in [-0.3, -0.25) is 4.79 Å².